The van der Waals surface area contributed by atoms with E-state index in [0.717, 1.165) is 11.8 Å². The summed E-state index contributed by atoms with van der Waals surface area (Å²) in [6, 6.07) is 9.39. The van der Waals surface area contributed by atoms with Gasteiger partial charge in [-0.05, 0) is 18.6 Å². The summed E-state index contributed by atoms with van der Waals surface area (Å²) >= 11 is 1.66. The molecule has 0 fully saturated rings. The molecule has 0 bridgehead atoms. The normalized spacial score (nSPS) is 12.8. The molecule has 1 atom stereocenters. The summed E-state index contributed by atoms with van der Waals surface area (Å²) in [6.07, 6.45) is 0.740. The lowest BCUT2D eigenvalue weighted by Crippen LogP contribution is -2.08. The van der Waals surface area contributed by atoms with Crippen LogP contribution in [-0.4, -0.2) is 17.0 Å². The second kappa shape index (κ2) is 6.07. The molecule has 0 aliphatic carbocycles. The predicted octanol–water partition coefficient (Wildman–Crippen LogP) is 2.80. The number of fused-ring (bicyclic) bond motifs is 1. The highest BCUT2D eigenvalue weighted by Crippen LogP contribution is 2.20. The van der Waals surface area contributed by atoms with Crippen molar-refractivity contribution < 1.29 is 9.52 Å². The smallest absolute Gasteiger partial charge is 0.340 e. The van der Waals surface area contributed by atoms with Gasteiger partial charge < -0.3 is 9.52 Å². The highest BCUT2D eigenvalue weighted by Gasteiger charge is 2.08. The Labute approximate surface area is 110 Å². The van der Waals surface area contributed by atoms with Gasteiger partial charge in [0, 0.05) is 28.6 Å². The molecule has 0 radical (unpaired) electrons. The molecule has 0 spiro atoms. The van der Waals surface area contributed by atoms with E-state index in [1.165, 1.54) is 0 Å². The average Bonchev–Trinajstić information content (AvgIpc) is 2.36. The van der Waals surface area contributed by atoms with Gasteiger partial charge in [-0.15, -0.1) is 0 Å². The number of hydrogen-bond donors (Lipinski definition) is 1. The van der Waals surface area contributed by atoms with Crippen LogP contribution in [0.15, 0.2) is 39.5 Å². The Morgan fingerprint density at radius 3 is 2.94 bits per heavy atom. The van der Waals surface area contributed by atoms with E-state index >= 15 is 0 Å². The molecule has 0 aliphatic rings. The molecule has 0 amide bonds. The lowest BCUT2D eigenvalue weighted by molar-refractivity contribution is 0.289. The summed E-state index contributed by atoms with van der Waals surface area (Å²) in [5.74, 6) is 0.619. The first-order chi connectivity index (χ1) is 8.70. The van der Waals surface area contributed by atoms with Crippen molar-refractivity contribution in [3.8, 4) is 0 Å². The van der Waals surface area contributed by atoms with Crippen LogP contribution in [-0.2, 0) is 5.75 Å². The third-order valence-electron chi connectivity index (χ3n) is 2.77. The van der Waals surface area contributed by atoms with Gasteiger partial charge in [0.2, 0.25) is 0 Å². The highest BCUT2D eigenvalue weighted by atomic mass is 32.2. The molecular formula is C14H16O3S. The van der Waals surface area contributed by atoms with E-state index < -0.39 is 0 Å². The van der Waals surface area contributed by atoms with Gasteiger partial charge in [0.1, 0.15) is 5.58 Å². The molecule has 1 aromatic carbocycles. The molecule has 1 heterocycles. The maximum Gasteiger partial charge on any atom is 0.340 e. The number of hydrogen-bond acceptors (Lipinski definition) is 4. The number of para-hydroxylation sites is 1. The monoisotopic (exact) mass is 264 g/mol. The van der Waals surface area contributed by atoms with E-state index in [2.05, 4.69) is 0 Å². The number of aliphatic hydroxyl groups excluding tert-OH is 1. The Bertz CT molecular complexity index is 577. The molecule has 0 aliphatic heterocycles. The fourth-order valence-electron chi connectivity index (χ4n) is 1.70. The quantitative estimate of drug-likeness (QED) is 0.844. The Hall–Kier alpha value is -1.26. The first-order valence-electron chi connectivity index (χ1n) is 5.95. The van der Waals surface area contributed by atoms with E-state index in [1.807, 2.05) is 31.2 Å². The number of benzene rings is 1. The lowest BCUT2D eigenvalue weighted by atomic mass is 10.2. The highest BCUT2D eigenvalue weighted by molar-refractivity contribution is 7.99. The van der Waals surface area contributed by atoms with Gasteiger partial charge in [0.05, 0.1) is 0 Å². The largest absolute Gasteiger partial charge is 0.423 e. The standard InChI is InChI=1S/C14H16O3S/c1-10(6-7-15)18-9-12-8-11-4-2-3-5-13(11)17-14(12)16/h2-5,8,10,15H,6-7,9H2,1H3. The molecule has 2 rings (SSSR count). The Balaban J connectivity index is 2.18. The molecule has 1 unspecified atom stereocenters. The minimum absolute atomic E-state index is 0.181. The van der Waals surface area contributed by atoms with Crippen molar-refractivity contribution in [1.82, 2.24) is 0 Å². The molecule has 0 saturated carbocycles. The van der Waals surface area contributed by atoms with Crippen LogP contribution in [0.25, 0.3) is 11.0 Å². The first kappa shape index (κ1) is 13.2. The molecule has 96 valence electrons. The summed E-state index contributed by atoms with van der Waals surface area (Å²) in [5.41, 5.74) is 1.04. The maximum absolute atomic E-state index is 11.8. The second-order valence-electron chi connectivity index (χ2n) is 4.23. The molecule has 3 nitrogen and oxygen atoms in total. The molecule has 0 saturated heterocycles. The van der Waals surface area contributed by atoms with Gasteiger partial charge in [0.15, 0.2) is 0 Å². The van der Waals surface area contributed by atoms with E-state index in [9.17, 15) is 4.79 Å². The molecule has 2 aromatic rings. The predicted molar refractivity (Wildman–Crippen MR) is 74.9 cm³/mol. The van der Waals surface area contributed by atoms with E-state index in [0.29, 0.717) is 22.1 Å². The minimum Gasteiger partial charge on any atom is -0.423 e. The van der Waals surface area contributed by atoms with Gasteiger partial charge in [-0.2, -0.15) is 11.8 Å². The molecule has 4 heteroatoms. The van der Waals surface area contributed by atoms with Crippen LogP contribution >= 0.6 is 11.8 Å². The van der Waals surface area contributed by atoms with Crippen molar-refractivity contribution in [2.75, 3.05) is 6.61 Å². The number of rotatable bonds is 5. The zero-order valence-electron chi connectivity index (χ0n) is 10.3. The topological polar surface area (TPSA) is 50.4 Å². The fourth-order valence-corrected chi connectivity index (χ4v) is 2.64. The van der Waals surface area contributed by atoms with Gasteiger partial charge in [-0.3, -0.25) is 0 Å². The molecule has 18 heavy (non-hydrogen) atoms. The first-order valence-corrected chi connectivity index (χ1v) is 7.00. The van der Waals surface area contributed by atoms with Crippen LogP contribution < -0.4 is 5.63 Å². The third-order valence-corrected chi connectivity index (χ3v) is 4.05. The van der Waals surface area contributed by atoms with Crippen molar-refractivity contribution in [3.05, 3.63) is 46.3 Å². The van der Waals surface area contributed by atoms with Crippen molar-refractivity contribution in [3.63, 3.8) is 0 Å². The van der Waals surface area contributed by atoms with Crippen LogP contribution in [0.2, 0.25) is 0 Å². The lowest BCUT2D eigenvalue weighted by Gasteiger charge is -2.08. The summed E-state index contributed by atoms with van der Waals surface area (Å²) < 4.78 is 5.27. The summed E-state index contributed by atoms with van der Waals surface area (Å²) in [7, 11) is 0. The van der Waals surface area contributed by atoms with Crippen molar-refractivity contribution in [2.45, 2.75) is 24.3 Å². The zero-order valence-corrected chi connectivity index (χ0v) is 11.1. The van der Waals surface area contributed by atoms with Crippen molar-refractivity contribution >= 4 is 22.7 Å². The van der Waals surface area contributed by atoms with Crippen LogP contribution in [0.1, 0.15) is 18.9 Å². The maximum atomic E-state index is 11.8. The Kier molecular flexibility index (Phi) is 4.44. The summed E-state index contributed by atoms with van der Waals surface area (Å²) in [5, 5.41) is 10.1. The number of thioether (sulfide) groups is 1. The number of aliphatic hydroxyl groups is 1. The summed E-state index contributed by atoms with van der Waals surface area (Å²) in [4.78, 5) is 11.8. The average molecular weight is 264 g/mol. The third kappa shape index (κ3) is 3.15. The summed E-state index contributed by atoms with van der Waals surface area (Å²) in [6.45, 7) is 2.23. The zero-order chi connectivity index (χ0) is 13.0. The van der Waals surface area contributed by atoms with E-state index in [4.69, 9.17) is 9.52 Å². The molecule has 1 aromatic heterocycles. The van der Waals surface area contributed by atoms with Crippen LogP contribution in [0.4, 0.5) is 0 Å². The van der Waals surface area contributed by atoms with Crippen molar-refractivity contribution in [1.29, 1.82) is 0 Å². The minimum atomic E-state index is -0.266. The van der Waals surface area contributed by atoms with E-state index in [-0.39, 0.29) is 12.2 Å². The van der Waals surface area contributed by atoms with Gasteiger partial charge in [0.25, 0.3) is 0 Å². The van der Waals surface area contributed by atoms with Crippen molar-refractivity contribution in [2.24, 2.45) is 0 Å². The Morgan fingerprint density at radius 1 is 1.39 bits per heavy atom. The second-order valence-corrected chi connectivity index (χ2v) is 5.66. The molecular weight excluding hydrogens is 248 g/mol. The van der Waals surface area contributed by atoms with Crippen LogP contribution in [0.3, 0.4) is 0 Å². The van der Waals surface area contributed by atoms with Gasteiger partial charge >= 0.3 is 5.63 Å². The van der Waals surface area contributed by atoms with Crippen LogP contribution in [0, 0.1) is 0 Å². The molecule has 1 N–H and O–H groups in total. The van der Waals surface area contributed by atoms with Gasteiger partial charge in [-0.25, -0.2) is 4.79 Å². The van der Waals surface area contributed by atoms with Gasteiger partial charge in [-0.1, -0.05) is 25.1 Å². The Morgan fingerprint density at radius 2 is 2.17 bits per heavy atom. The fraction of sp³-hybridized carbons (Fsp3) is 0.357. The van der Waals surface area contributed by atoms with Crippen LogP contribution in [0.5, 0.6) is 0 Å². The van der Waals surface area contributed by atoms with E-state index in [1.54, 1.807) is 17.8 Å². The SMILES string of the molecule is CC(CCO)SCc1cc2ccccc2oc1=O.